The summed E-state index contributed by atoms with van der Waals surface area (Å²) in [5.74, 6) is -0.860. The van der Waals surface area contributed by atoms with Gasteiger partial charge in [-0.1, -0.05) is 55.8 Å². The second-order valence-corrected chi connectivity index (χ2v) is 6.85. The van der Waals surface area contributed by atoms with Crippen LogP contribution >= 0.6 is 0 Å². The van der Waals surface area contributed by atoms with Gasteiger partial charge in [0.2, 0.25) is 0 Å². The van der Waals surface area contributed by atoms with Crippen LogP contribution in [0.2, 0.25) is 0 Å². The Labute approximate surface area is 142 Å². The molecule has 1 aliphatic rings. The van der Waals surface area contributed by atoms with Crippen LogP contribution in [-0.4, -0.2) is 40.3 Å². The van der Waals surface area contributed by atoms with Gasteiger partial charge in [0.25, 0.3) is 0 Å². The number of aliphatic hydroxyl groups is 1. The van der Waals surface area contributed by atoms with Crippen LogP contribution in [0.25, 0.3) is 10.8 Å². The maximum absolute atomic E-state index is 11.7. The van der Waals surface area contributed by atoms with Crippen LogP contribution in [0, 0.1) is 5.41 Å². The number of piperidine rings is 1. The lowest BCUT2D eigenvalue weighted by Gasteiger charge is -2.42. The van der Waals surface area contributed by atoms with Crippen molar-refractivity contribution in [2.45, 2.75) is 38.8 Å². The molecular formula is C20H25NO3. The fraction of sp³-hybridized carbons (Fsp3) is 0.450. The van der Waals surface area contributed by atoms with Crippen molar-refractivity contribution < 1.29 is 15.0 Å². The number of likely N-dealkylation sites (tertiary alicyclic amines) is 1. The van der Waals surface area contributed by atoms with Crippen LogP contribution in [0.15, 0.2) is 42.5 Å². The van der Waals surface area contributed by atoms with Crippen LogP contribution in [-0.2, 0) is 11.3 Å². The molecule has 4 nitrogen and oxygen atoms in total. The Bertz CT molecular complexity index is 724. The first-order valence-electron chi connectivity index (χ1n) is 8.67. The number of carboxylic acid groups (broad SMARTS) is 1. The van der Waals surface area contributed by atoms with Crippen LogP contribution in [0.1, 0.15) is 31.7 Å². The maximum Gasteiger partial charge on any atom is 0.312 e. The van der Waals surface area contributed by atoms with Gasteiger partial charge >= 0.3 is 5.97 Å². The SMILES string of the molecule is CCC[C@]1(C(=O)O)CCN(Cc2cccc3ccccc23)CC1O. The van der Waals surface area contributed by atoms with Crippen molar-refractivity contribution >= 4 is 16.7 Å². The fourth-order valence-corrected chi connectivity index (χ4v) is 3.94. The molecule has 2 aromatic carbocycles. The molecule has 2 atom stereocenters. The number of rotatable bonds is 5. The molecule has 1 unspecified atom stereocenters. The molecule has 2 N–H and O–H groups in total. The summed E-state index contributed by atoms with van der Waals surface area (Å²) in [4.78, 5) is 13.9. The third-order valence-electron chi connectivity index (χ3n) is 5.34. The molecule has 1 aliphatic heterocycles. The van der Waals surface area contributed by atoms with Gasteiger partial charge in [-0.3, -0.25) is 9.69 Å². The number of aliphatic carboxylic acids is 1. The number of benzene rings is 2. The zero-order chi connectivity index (χ0) is 17.2. The quantitative estimate of drug-likeness (QED) is 0.885. The Morgan fingerprint density at radius 1 is 1.25 bits per heavy atom. The number of hydrogen-bond donors (Lipinski definition) is 2. The number of nitrogens with zero attached hydrogens (tertiary/aromatic N) is 1. The largest absolute Gasteiger partial charge is 0.481 e. The van der Waals surface area contributed by atoms with E-state index in [0.29, 0.717) is 25.9 Å². The Morgan fingerprint density at radius 2 is 2.00 bits per heavy atom. The molecule has 2 aromatic rings. The molecular weight excluding hydrogens is 302 g/mol. The Morgan fingerprint density at radius 3 is 2.71 bits per heavy atom. The van der Waals surface area contributed by atoms with E-state index in [-0.39, 0.29) is 0 Å². The van der Waals surface area contributed by atoms with E-state index in [4.69, 9.17) is 0 Å². The highest BCUT2D eigenvalue weighted by Gasteiger charge is 2.47. The van der Waals surface area contributed by atoms with Crippen molar-refractivity contribution in [3.63, 3.8) is 0 Å². The molecule has 4 heteroatoms. The molecule has 0 bridgehead atoms. The average molecular weight is 327 g/mol. The van der Waals surface area contributed by atoms with E-state index in [1.54, 1.807) is 0 Å². The van der Waals surface area contributed by atoms with Crippen LogP contribution < -0.4 is 0 Å². The number of carboxylic acids is 1. The summed E-state index contributed by atoms with van der Waals surface area (Å²) in [6, 6.07) is 14.5. The molecule has 3 rings (SSSR count). The number of fused-ring (bicyclic) bond motifs is 1. The summed E-state index contributed by atoms with van der Waals surface area (Å²) in [6.07, 6.45) is 0.985. The molecule has 1 fully saturated rings. The van der Waals surface area contributed by atoms with Gasteiger partial charge in [-0.2, -0.15) is 0 Å². The second kappa shape index (κ2) is 6.91. The second-order valence-electron chi connectivity index (χ2n) is 6.85. The predicted octanol–water partition coefficient (Wildman–Crippen LogP) is 3.28. The van der Waals surface area contributed by atoms with Gasteiger partial charge in [-0.05, 0) is 35.7 Å². The van der Waals surface area contributed by atoms with E-state index in [0.717, 1.165) is 13.0 Å². The highest BCUT2D eigenvalue weighted by Crippen LogP contribution is 2.37. The standard InChI is InChI=1S/C20H25NO3/c1-2-10-20(19(23)24)11-12-21(14-18(20)22)13-16-8-5-7-15-6-3-4-9-17(15)16/h3-9,18,22H,2,10-14H2,1H3,(H,23,24)/t18?,20-/m0/s1. The smallest absolute Gasteiger partial charge is 0.312 e. The molecule has 24 heavy (non-hydrogen) atoms. The number of aliphatic hydroxyl groups excluding tert-OH is 1. The van der Waals surface area contributed by atoms with Crippen molar-refractivity contribution in [3.8, 4) is 0 Å². The summed E-state index contributed by atoms with van der Waals surface area (Å²) in [5.41, 5.74) is 0.239. The predicted molar refractivity (Wildman–Crippen MR) is 94.8 cm³/mol. The van der Waals surface area contributed by atoms with Crippen LogP contribution in [0.5, 0.6) is 0 Å². The molecule has 0 saturated carbocycles. The lowest BCUT2D eigenvalue weighted by atomic mass is 9.72. The molecule has 1 heterocycles. The van der Waals surface area contributed by atoms with E-state index in [9.17, 15) is 15.0 Å². The number of β-amino-alcohol motifs (C(OH)–C–C–N with tert-alkyl or cyclic N) is 1. The van der Waals surface area contributed by atoms with Crippen molar-refractivity contribution in [1.82, 2.24) is 4.90 Å². The molecule has 0 aromatic heterocycles. The first-order chi connectivity index (χ1) is 11.6. The van der Waals surface area contributed by atoms with E-state index >= 15 is 0 Å². The summed E-state index contributed by atoms with van der Waals surface area (Å²) in [6.45, 7) is 3.82. The van der Waals surface area contributed by atoms with E-state index in [1.165, 1.54) is 16.3 Å². The zero-order valence-corrected chi connectivity index (χ0v) is 14.1. The van der Waals surface area contributed by atoms with Gasteiger partial charge in [-0.25, -0.2) is 0 Å². The maximum atomic E-state index is 11.7. The van der Waals surface area contributed by atoms with E-state index < -0.39 is 17.5 Å². The van der Waals surface area contributed by atoms with Gasteiger partial charge < -0.3 is 10.2 Å². The first-order valence-corrected chi connectivity index (χ1v) is 8.67. The third kappa shape index (κ3) is 3.04. The molecule has 0 amide bonds. The van der Waals surface area contributed by atoms with Crippen molar-refractivity contribution in [1.29, 1.82) is 0 Å². The minimum absolute atomic E-state index is 0.412. The number of carbonyl (C=O) groups is 1. The lowest BCUT2D eigenvalue weighted by Crippen LogP contribution is -2.54. The molecule has 0 radical (unpaired) electrons. The van der Waals surface area contributed by atoms with Crippen LogP contribution in [0.4, 0.5) is 0 Å². The van der Waals surface area contributed by atoms with Gasteiger partial charge in [0, 0.05) is 13.1 Å². The Hall–Kier alpha value is -1.91. The fourth-order valence-electron chi connectivity index (χ4n) is 3.94. The summed E-state index contributed by atoms with van der Waals surface area (Å²) >= 11 is 0. The summed E-state index contributed by atoms with van der Waals surface area (Å²) in [7, 11) is 0. The molecule has 0 aliphatic carbocycles. The summed E-state index contributed by atoms with van der Waals surface area (Å²) < 4.78 is 0. The number of hydrogen-bond acceptors (Lipinski definition) is 3. The Kier molecular flexibility index (Phi) is 4.88. The van der Waals surface area contributed by atoms with Crippen LogP contribution in [0.3, 0.4) is 0 Å². The van der Waals surface area contributed by atoms with E-state index in [1.807, 2.05) is 19.1 Å². The van der Waals surface area contributed by atoms with Crippen molar-refractivity contribution in [3.05, 3.63) is 48.0 Å². The molecule has 128 valence electrons. The third-order valence-corrected chi connectivity index (χ3v) is 5.34. The Balaban J connectivity index is 1.77. The van der Waals surface area contributed by atoms with Crippen molar-refractivity contribution in [2.75, 3.05) is 13.1 Å². The highest BCUT2D eigenvalue weighted by atomic mass is 16.4. The minimum atomic E-state index is -0.982. The van der Waals surface area contributed by atoms with E-state index in [2.05, 4.69) is 35.2 Å². The average Bonchev–Trinajstić information content (AvgIpc) is 2.58. The topological polar surface area (TPSA) is 60.8 Å². The van der Waals surface area contributed by atoms with Gasteiger partial charge in [0.05, 0.1) is 11.5 Å². The highest BCUT2D eigenvalue weighted by molar-refractivity contribution is 5.85. The monoisotopic (exact) mass is 327 g/mol. The van der Waals surface area contributed by atoms with Crippen molar-refractivity contribution in [2.24, 2.45) is 5.41 Å². The van der Waals surface area contributed by atoms with Gasteiger partial charge in [0.1, 0.15) is 0 Å². The minimum Gasteiger partial charge on any atom is -0.481 e. The zero-order valence-electron chi connectivity index (χ0n) is 14.1. The molecule has 1 saturated heterocycles. The molecule has 0 spiro atoms. The van der Waals surface area contributed by atoms with Gasteiger partial charge in [0.15, 0.2) is 0 Å². The normalized spacial score (nSPS) is 25.0. The first kappa shape index (κ1) is 16.9. The van der Waals surface area contributed by atoms with Gasteiger partial charge in [-0.15, -0.1) is 0 Å². The summed E-state index contributed by atoms with van der Waals surface area (Å²) in [5, 5.41) is 22.6. The lowest BCUT2D eigenvalue weighted by molar-refractivity contribution is -0.164.